The standard InChI is InChI=1S/C14H12FN3O3/c1-18(9-4-3-7-16-8-9)14(21)17-11-6-2-5-10(15)12(11)13(19)20/h2-8H,1H3,(H,17,21)(H,19,20). The fourth-order valence-electron chi connectivity index (χ4n) is 1.71. The molecule has 2 aromatic rings. The molecule has 2 N–H and O–H groups in total. The molecule has 0 atom stereocenters. The van der Waals surface area contributed by atoms with Crippen LogP contribution >= 0.6 is 0 Å². The van der Waals surface area contributed by atoms with Gasteiger partial charge in [0.05, 0.1) is 17.6 Å². The summed E-state index contributed by atoms with van der Waals surface area (Å²) in [4.78, 5) is 28.2. The first-order valence-corrected chi connectivity index (χ1v) is 5.97. The Bertz CT molecular complexity index is 676. The number of hydrogen-bond donors (Lipinski definition) is 2. The number of aromatic nitrogens is 1. The molecule has 0 bridgehead atoms. The fraction of sp³-hybridized carbons (Fsp3) is 0.0714. The monoisotopic (exact) mass is 289 g/mol. The Labute approximate surface area is 119 Å². The maximum atomic E-state index is 13.5. The number of carboxylic acid groups (broad SMARTS) is 1. The van der Waals surface area contributed by atoms with E-state index >= 15 is 0 Å². The number of pyridine rings is 1. The van der Waals surface area contributed by atoms with Crippen molar-refractivity contribution in [2.24, 2.45) is 0 Å². The van der Waals surface area contributed by atoms with Crippen LogP contribution in [0.25, 0.3) is 0 Å². The quantitative estimate of drug-likeness (QED) is 0.909. The van der Waals surface area contributed by atoms with Crippen molar-refractivity contribution in [3.63, 3.8) is 0 Å². The lowest BCUT2D eigenvalue weighted by molar-refractivity contribution is 0.0693. The molecule has 21 heavy (non-hydrogen) atoms. The molecule has 108 valence electrons. The molecule has 0 saturated carbocycles. The summed E-state index contributed by atoms with van der Waals surface area (Å²) >= 11 is 0. The highest BCUT2D eigenvalue weighted by Gasteiger charge is 2.19. The number of carbonyl (C=O) groups excluding carboxylic acids is 1. The zero-order valence-electron chi connectivity index (χ0n) is 11.1. The first kappa shape index (κ1) is 14.4. The molecular weight excluding hydrogens is 277 g/mol. The maximum absolute atomic E-state index is 13.5. The molecule has 0 aliphatic rings. The van der Waals surface area contributed by atoms with Gasteiger partial charge in [-0.15, -0.1) is 0 Å². The van der Waals surface area contributed by atoms with Crippen LogP contribution in [0.5, 0.6) is 0 Å². The van der Waals surface area contributed by atoms with Crippen molar-refractivity contribution in [2.75, 3.05) is 17.3 Å². The van der Waals surface area contributed by atoms with Crippen LogP contribution in [0.15, 0.2) is 42.7 Å². The molecule has 2 rings (SSSR count). The fourth-order valence-corrected chi connectivity index (χ4v) is 1.71. The molecule has 0 fully saturated rings. The number of anilines is 2. The van der Waals surface area contributed by atoms with Crippen LogP contribution in [-0.4, -0.2) is 29.1 Å². The minimum Gasteiger partial charge on any atom is -0.478 e. The number of benzene rings is 1. The Morgan fingerprint density at radius 2 is 2.05 bits per heavy atom. The second kappa shape index (κ2) is 6.00. The molecule has 1 heterocycles. The number of nitrogens with zero attached hydrogens (tertiary/aromatic N) is 2. The second-order valence-corrected chi connectivity index (χ2v) is 4.17. The summed E-state index contributed by atoms with van der Waals surface area (Å²) in [6, 6.07) is 6.38. The third kappa shape index (κ3) is 3.14. The first-order chi connectivity index (χ1) is 10.0. The summed E-state index contributed by atoms with van der Waals surface area (Å²) in [5.41, 5.74) is -0.169. The summed E-state index contributed by atoms with van der Waals surface area (Å²) in [5.74, 6) is -2.36. The lowest BCUT2D eigenvalue weighted by Gasteiger charge is -2.18. The number of carboxylic acids is 1. The SMILES string of the molecule is CN(C(=O)Nc1cccc(F)c1C(=O)O)c1cccnc1. The molecule has 0 aliphatic carbocycles. The van der Waals surface area contributed by atoms with Crippen molar-refractivity contribution in [1.29, 1.82) is 0 Å². The predicted octanol–water partition coefficient (Wildman–Crippen LogP) is 2.59. The highest BCUT2D eigenvalue weighted by atomic mass is 19.1. The molecule has 1 aromatic carbocycles. The van der Waals surface area contributed by atoms with Crippen molar-refractivity contribution < 1.29 is 19.1 Å². The number of nitrogens with one attached hydrogen (secondary N) is 1. The van der Waals surface area contributed by atoms with E-state index in [1.54, 1.807) is 18.3 Å². The van der Waals surface area contributed by atoms with E-state index in [0.717, 1.165) is 6.07 Å². The summed E-state index contributed by atoms with van der Waals surface area (Å²) in [5, 5.41) is 11.4. The van der Waals surface area contributed by atoms with Crippen LogP contribution in [0.2, 0.25) is 0 Å². The molecule has 7 heteroatoms. The number of rotatable bonds is 3. The van der Waals surface area contributed by atoms with Gasteiger partial charge in [0.2, 0.25) is 0 Å². The van der Waals surface area contributed by atoms with Crippen LogP contribution in [0, 0.1) is 5.82 Å². The summed E-state index contributed by atoms with van der Waals surface area (Å²) < 4.78 is 13.5. The third-order valence-corrected chi connectivity index (χ3v) is 2.81. The van der Waals surface area contributed by atoms with Crippen LogP contribution in [0.4, 0.5) is 20.6 Å². The Hall–Kier alpha value is -2.96. The minimum absolute atomic E-state index is 0.108. The van der Waals surface area contributed by atoms with Crippen molar-refractivity contribution in [2.45, 2.75) is 0 Å². The summed E-state index contributed by atoms with van der Waals surface area (Å²) in [6.45, 7) is 0. The van der Waals surface area contributed by atoms with E-state index in [4.69, 9.17) is 5.11 Å². The molecule has 1 aromatic heterocycles. The van der Waals surface area contributed by atoms with Gasteiger partial charge in [-0.2, -0.15) is 0 Å². The molecule has 0 saturated heterocycles. The maximum Gasteiger partial charge on any atom is 0.340 e. The summed E-state index contributed by atoms with van der Waals surface area (Å²) in [7, 11) is 1.49. The van der Waals surface area contributed by atoms with Gasteiger partial charge in [-0.05, 0) is 24.3 Å². The van der Waals surface area contributed by atoms with Crippen LogP contribution in [0.3, 0.4) is 0 Å². The lowest BCUT2D eigenvalue weighted by atomic mass is 10.1. The number of amides is 2. The van der Waals surface area contributed by atoms with Crippen molar-refractivity contribution in [1.82, 2.24) is 4.98 Å². The van der Waals surface area contributed by atoms with Gasteiger partial charge in [-0.3, -0.25) is 9.88 Å². The molecule has 0 unspecified atom stereocenters. The van der Waals surface area contributed by atoms with E-state index in [9.17, 15) is 14.0 Å². The largest absolute Gasteiger partial charge is 0.478 e. The van der Waals surface area contributed by atoms with E-state index in [2.05, 4.69) is 10.3 Å². The van der Waals surface area contributed by atoms with Crippen molar-refractivity contribution >= 4 is 23.4 Å². The van der Waals surface area contributed by atoms with E-state index in [1.807, 2.05) is 0 Å². The van der Waals surface area contributed by atoms with Crippen LogP contribution in [0.1, 0.15) is 10.4 Å². The van der Waals surface area contributed by atoms with Gasteiger partial charge < -0.3 is 10.4 Å². The minimum atomic E-state index is -1.45. The predicted molar refractivity (Wildman–Crippen MR) is 75.0 cm³/mol. The van der Waals surface area contributed by atoms with Gasteiger partial charge in [-0.25, -0.2) is 14.0 Å². The van der Waals surface area contributed by atoms with Crippen molar-refractivity contribution in [3.8, 4) is 0 Å². The number of hydrogen-bond acceptors (Lipinski definition) is 3. The Balaban J connectivity index is 2.25. The normalized spacial score (nSPS) is 10.0. The van der Waals surface area contributed by atoms with E-state index in [0.29, 0.717) is 5.69 Å². The number of urea groups is 1. The number of halogens is 1. The smallest absolute Gasteiger partial charge is 0.340 e. The molecular formula is C14H12FN3O3. The number of carbonyl (C=O) groups is 2. The topological polar surface area (TPSA) is 82.5 Å². The Kier molecular flexibility index (Phi) is 4.13. The van der Waals surface area contributed by atoms with Gasteiger partial charge >= 0.3 is 12.0 Å². The third-order valence-electron chi connectivity index (χ3n) is 2.81. The summed E-state index contributed by atoms with van der Waals surface area (Å²) in [6.07, 6.45) is 3.04. The lowest BCUT2D eigenvalue weighted by Crippen LogP contribution is -2.31. The second-order valence-electron chi connectivity index (χ2n) is 4.17. The van der Waals surface area contributed by atoms with E-state index in [-0.39, 0.29) is 5.69 Å². The van der Waals surface area contributed by atoms with Crippen molar-refractivity contribution in [3.05, 3.63) is 54.1 Å². The molecule has 6 nitrogen and oxygen atoms in total. The van der Waals surface area contributed by atoms with Gasteiger partial charge in [0, 0.05) is 13.2 Å². The highest BCUT2D eigenvalue weighted by Crippen LogP contribution is 2.20. The first-order valence-electron chi connectivity index (χ1n) is 5.97. The zero-order valence-corrected chi connectivity index (χ0v) is 11.1. The van der Waals surface area contributed by atoms with Gasteiger partial charge in [0.1, 0.15) is 11.4 Å². The van der Waals surface area contributed by atoms with Crippen LogP contribution < -0.4 is 10.2 Å². The van der Waals surface area contributed by atoms with Gasteiger partial charge in [-0.1, -0.05) is 6.07 Å². The Morgan fingerprint density at radius 1 is 1.29 bits per heavy atom. The Morgan fingerprint density at radius 3 is 2.67 bits per heavy atom. The van der Waals surface area contributed by atoms with E-state index < -0.39 is 23.4 Å². The average Bonchev–Trinajstić information content (AvgIpc) is 2.47. The van der Waals surface area contributed by atoms with Gasteiger partial charge in [0.15, 0.2) is 0 Å². The highest BCUT2D eigenvalue weighted by molar-refractivity contribution is 6.05. The molecule has 0 aliphatic heterocycles. The van der Waals surface area contributed by atoms with E-state index in [1.165, 1.54) is 30.3 Å². The van der Waals surface area contributed by atoms with Crippen LogP contribution in [-0.2, 0) is 0 Å². The molecule has 0 radical (unpaired) electrons. The van der Waals surface area contributed by atoms with Gasteiger partial charge in [0.25, 0.3) is 0 Å². The molecule has 0 spiro atoms. The average molecular weight is 289 g/mol. The number of aromatic carboxylic acids is 1. The zero-order chi connectivity index (χ0) is 15.4. The molecule has 2 amide bonds.